The Labute approximate surface area is 197 Å². The van der Waals surface area contributed by atoms with Gasteiger partial charge in [0.25, 0.3) is 5.91 Å². The van der Waals surface area contributed by atoms with Gasteiger partial charge in [-0.05, 0) is 60.9 Å². The maximum atomic E-state index is 12.9. The van der Waals surface area contributed by atoms with Crippen molar-refractivity contribution in [1.29, 1.82) is 0 Å². The van der Waals surface area contributed by atoms with E-state index in [4.69, 9.17) is 9.72 Å². The summed E-state index contributed by atoms with van der Waals surface area (Å²) in [4.78, 5) is 25.7. The van der Waals surface area contributed by atoms with Crippen molar-refractivity contribution in [3.63, 3.8) is 0 Å². The van der Waals surface area contributed by atoms with Crippen molar-refractivity contribution >= 4 is 33.3 Å². The van der Waals surface area contributed by atoms with Crippen LogP contribution in [0.3, 0.4) is 0 Å². The quantitative estimate of drug-likeness (QED) is 0.453. The molecule has 2 aromatic carbocycles. The number of carbonyl (C=O) groups excluding carboxylic acids is 1. The van der Waals surface area contributed by atoms with Gasteiger partial charge in [-0.2, -0.15) is 0 Å². The molecule has 4 aromatic rings. The zero-order valence-corrected chi connectivity index (χ0v) is 19.6. The van der Waals surface area contributed by atoms with Crippen molar-refractivity contribution in [2.75, 3.05) is 31.6 Å². The van der Waals surface area contributed by atoms with Crippen molar-refractivity contribution < 1.29 is 9.53 Å². The van der Waals surface area contributed by atoms with E-state index in [2.05, 4.69) is 21.3 Å². The molecular formula is C26H26N4O2S. The van der Waals surface area contributed by atoms with Crippen LogP contribution in [0.1, 0.15) is 27.0 Å². The number of pyridine rings is 1. The van der Waals surface area contributed by atoms with Gasteiger partial charge in [0.2, 0.25) is 0 Å². The fourth-order valence-corrected chi connectivity index (χ4v) is 4.87. The lowest BCUT2D eigenvalue weighted by Gasteiger charge is -2.26. The smallest absolute Gasteiger partial charge is 0.255 e. The highest BCUT2D eigenvalue weighted by Gasteiger charge is 2.16. The molecule has 0 aliphatic carbocycles. The van der Waals surface area contributed by atoms with Gasteiger partial charge in [0.1, 0.15) is 15.4 Å². The highest BCUT2D eigenvalue weighted by atomic mass is 32.1. The van der Waals surface area contributed by atoms with Gasteiger partial charge >= 0.3 is 0 Å². The van der Waals surface area contributed by atoms with Crippen LogP contribution in [0.5, 0.6) is 0 Å². The van der Waals surface area contributed by atoms with Gasteiger partial charge in [0.05, 0.1) is 18.9 Å². The third-order valence-electron chi connectivity index (χ3n) is 5.99. The van der Waals surface area contributed by atoms with Gasteiger partial charge in [-0.25, -0.2) is 9.97 Å². The second-order valence-corrected chi connectivity index (χ2v) is 9.35. The molecule has 1 fully saturated rings. The van der Waals surface area contributed by atoms with Crippen LogP contribution in [0, 0.1) is 13.8 Å². The van der Waals surface area contributed by atoms with Crippen LogP contribution in [0.2, 0.25) is 0 Å². The largest absolute Gasteiger partial charge is 0.379 e. The van der Waals surface area contributed by atoms with Crippen molar-refractivity contribution in [2.24, 2.45) is 0 Å². The summed E-state index contributed by atoms with van der Waals surface area (Å²) < 4.78 is 5.44. The zero-order chi connectivity index (χ0) is 22.8. The van der Waals surface area contributed by atoms with E-state index in [1.807, 2.05) is 62.5 Å². The summed E-state index contributed by atoms with van der Waals surface area (Å²) in [5.74, 6) is -0.127. The lowest BCUT2D eigenvalue weighted by atomic mass is 10.1. The fourth-order valence-electron chi connectivity index (χ4n) is 3.94. The summed E-state index contributed by atoms with van der Waals surface area (Å²) in [6.45, 7) is 8.34. The number of carbonyl (C=O) groups is 1. The molecule has 7 heteroatoms. The Bertz CT molecular complexity index is 1310. The number of anilines is 1. The van der Waals surface area contributed by atoms with Crippen molar-refractivity contribution in [1.82, 2.24) is 14.9 Å². The lowest BCUT2D eigenvalue weighted by molar-refractivity contribution is 0.0341. The van der Waals surface area contributed by atoms with E-state index < -0.39 is 0 Å². The molecule has 33 heavy (non-hydrogen) atoms. The summed E-state index contributed by atoms with van der Waals surface area (Å²) in [7, 11) is 0. The van der Waals surface area contributed by atoms with Gasteiger partial charge in [0.15, 0.2) is 0 Å². The third kappa shape index (κ3) is 4.80. The van der Waals surface area contributed by atoms with Crippen LogP contribution in [0.4, 0.5) is 5.69 Å². The monoisotopic (exact) mass is 458 g/mol. The third-order valence-corrected chi connectivity index (χ3v) is 7.00. The molecule has 0 unspecified atom stereocenters. The zero-order valence-electron chi connectivity index (χ0n) is 18.8. The minimum atomic E-state index is -0.127. The predicted octanol–water partition coefficient (Wildman–Crippen LogP) is 5.06. The Hall–Kier alpha value is -3.13. The minimum absolute atomic E-state index is 0.127. The van der Waals surface area contributed by atoms with E-state index in [1.165, 1.54) is 16.9 Å². The number of aryl methyl sites for hydroxylation is 2. The summed E-state index contributed by atoms with van der Waals surface area (Å²) >= 11 is 1.54. The van der Waals surface area contributed by atoms with E-state index in [0.29, 0.717) is 5.56 Å². The Kier molecular flexibility index (Phi) is 6.17. The first kappa shape index (κ1) is 21.7. The Morgan fingerprint density at radius 3 is 2.73 bits per heavy atom. The van der Waals surface area contributed by atoms with E-state index in [-0.39, 0.29) is 5.91 Å². The number of hydrogen-bond donors (Lipinski definition) is 1. The molecule has 0 radical (unpaired) electrons. The topological polar surface area (TPSA) is 67.4 Å². The van der Waals surface area contributed by atoms with Crippen LogP contribution in [-0.4, -0.2) is 47.1 Å². The molecule has 0 spiro atoms. The van der Waals surface area contributed by atoms with Gasteiger partial charge in [0, 0.05) is 37.0 Å². The summed E-state index contributed by atoms with van der Waals surface area (Å²) in [6.07, 6.45) is 1.94. The number of fused-ring (bicyclic) bond motifs is 1. The van der Waals surface area contributed by atoms with Crippen LogP contribution in [0.25, 0.3) is 20.9 Å². The van der Waals surface area contributed by atoms with Crippen LogP contribution < -0.4 is 5.32 Å². The number of rotatable bonds is 5. The first-order chi connectivity index (χ1) is 16.1. The molecule has 5 rings (SSSR count). The number of nitrogens with one attached hydrogen (secondary N) is 1. The van der Waals surface area contributed by atoms with Crippen LogP contribution in [-0.2, 0) is 11.3 Å². The summed E-state index contributed by atoms with van der Waals surface area (Å²) in [5.41, 5.74) is 6.59. The average molecular weight is 459 g/mol. The molecule has 1 N–H and O–H groups in total. The summed E-state index contributed by atoms with van der Waals surface area (Å²) in [6, 6.07) is 15.7. The molecular weight excluding hydrogens is 432 g/mol. The molecule has 6 nitrogen and oxygen atoms in total. The van der Waals surface area contributed by atoms with Gasteiger partial charge < -0.3 is 10.1 Å². The Morgan fingerprint density at radius 2 is 1.91 bits per heavy atom. The van der Waals surface area contributed by atoms with Crippen LogP contribution >= 0.6 is 11.3 Å². The first-order valence-electron chi connectivity index (χ1n) is 11.1. The second-order valence-electron chi connectivity index (χ2n) is 8.37. The Balaban J connectivity index is 1.40. The molecule has 0 saturated carbocycles. The molecule has 0 atom stereocenters. The highest BCUT2D eigenvalue weighted by molar-refractivity contribution is 7.21. The van der Waals surface area contributed by atoms with Gasteiger partial charge in [-0.15, -0.1) is 0 Å². The number of hydrogen-bond acceptors (Lipinski definition) is 6. The number of morpholine rings is 1. The molecule has 1 aliphatic rings. The lowest BCUT2D eigenvalue weighted by Crippen LogP contribution is -2.35. The number of para-hydroxylation sites is 1. The number of thiazole rings is 1. The highest BCUT2D eigenvalue weighted by Crippen LogP contribution is 2.34. The van der Waals surface area contributed by atoms with Crippen molar-refractivity contribution in [3.8, 4) is 10.6 Å². The molecule has 2 aromatic heterocycles. The minimum Gasteiger partial charge on any atom is -0.379 e. The SMILES string of the molecule is Cc1ccc(C(=O)Nc2ccccc2-c2nc3cc(CN4CCOCC4)cnc3s2)cc1C. The number of amides is 1. The normalized spacial score (nSPS) is 14.5. The van der Waals surface area contributed by atoms with Gasteiger partial charge in [-0.1, -0.05) is 29.5 Å². The molecule has 3 heterocycles. The summed E-state index contributed by atoms with van der Waals surface area (Å²) in [5, 5.41) is 3.92. The number of nitrogens with zero attached hydrogens (tertiary/aromatic N) is 3. The first-order valence-corrected chi connectivity index (χ1v) is 11.9. The van der Waals surface area contributed by atoms with Gasteiger partial charge in [-0.3, -0.25) is 9.69 Å². The Morgan fingerprint density at radius 1 is 1.09 bits per heavy atom. The van der Waals surface area contributed by atoms with E-state index in [0.717, 1.165) is 70.6 Å². The number of ether oxygens (including phenoxy) is 1. The molecule has 168 valence electrons. The molecule has 0 bridgehead atoms. The average Bonchev–Trinajstić information content (AvgIpc) is 3.25. The molecule has 1 saturated heterocycles. The molecule has 1 aliphatic heterocycles. The predicted molar refractivity (Wildman–Crippen MR) is 133 cm³/mol. The van der Waals surface area contributed by atoms with Crippen molar-refractivity contribution in [2.45, 2.75) is 20.4 Å². The maximum absolute atomic E-state index is 12.9. The second kappa shape index (κ2) is 9.39. The maximum Gasteiger partial charge on any atom is 0.255 e. The van der Waals surface area contributed by atoms with E-state index in [1.54, 1.807) is 0 Å². The van der Waals surface area contributed by atoms with Crippen molar-refractivity contribution in [3.05, 3.63) is 77.0 Å². The van der Waals surface area contributed by atoms with E-state index >= 15 is 0 Å². The van der Waals surface area contributed by atoms with Crippen LogP contribution in [0.15, 0.2) is 54.7 Å². The molecule has 1 amide bonds. The number of benzene rings is 2. The standard InChI is InChI=1S/C26H26N4O2S/c1-17-7-8-20(13-18(17)2)24(31)28-22-6-4-3-5-21(22)25-29-23-14-19(15-27-26(23)33-25)16-30-9-11-32-12-10-30/h3-8,13-15H,9-12,16H2,1-2H3,(H,28,31). The van der Waals surface area contributed by atoms with E-state index in [9.17, 15) is 4.79 Å². The fraction of sp³-hybridized carbons (Fsp3) is 0.269. The number of aromatic nitrogens is 2.